The number of para-hydroxylation sites is 2. The van der Waals surface area contributed by atoms with E-state index >= 15 is 0 Å². The van der Waals surface area contributed by atoms with Crippen molar-refractivity contribution in [3.8, 4) is 0 Å². The van der Waals surface area contributed by atoms with Crippen molar-refractivity contribution >= 4 is 40.9 Å². The Labute approximate surface area is 198 Å². The first kappa shape index (κ1) is 24.1. The van der Waals surface area contributed by atoms with Crippen molar-refractivity contribution < 1.29 is 4.58 Å². The van der Waals surface area contributed by atoms with Crippen molar-refractivity contribution in [3.63, 3.8) is 0 Å². The van der Waals surface area contributed by atoms with Crippen LogP contribution in [0.4, 0.5) is 11.4 Å². The van der Waals surface area contributed by atoms with Crippen LogP contribution in [0.15, 0.2) is 36.4 Å². The highest BCUT2D eigenvalue weighted by atomic mass is 35.5. The Morgan fingerprint density at radius 3 is 1.45 bits per heavy atom. The Kier molecular flexibility index (Phi) is 7.43. The minimum Gasteiger partial charge on any atom is -0.211 e. The number of halogens is 2. The highest BCUT2D eigenvalue weighted by Gasteiger charge is 2.44. The van der Waals surface area contributed by atoms with E-state index in [1.165, 1.54) is 33.6 Å². The maximum Gasteiger partial charge on any atom is 0.247 e. The molecule has 0 saturated heterocycles. The Morgan fingerprint density at radius 1 is 0.677 bits per heavy atom. The molecular weight excluding hydrogens is 423 g/mol. The average molecular weight is 461 g/mol. The molecule has 0 spiro atoms. The third kappa shape index (κ3) is 4.52. The second kappa shape index (κ2) is 9.55. The van der Waals surface area contributed by atoms with Crippen LogP contribution in [0.25, 0.3) is 0 Å². The van der Waals surface area contributed by atoms with E-state index in [1.54, 1.807) is 0 Å². The lowest BCUT2D eigenvalue weighted by molar-refractivity contribution is -0.446. The Bertz CT molecular complexity index is 907. The molecule has 3 rings (SSSR count). The molecule has 0 saturated carbocycles. The minimum atomic E-state index is -0.362. The molecule has 0 N–H and O–H groups in total. The van der Waals surface area contributed by atoms with E-state index in [2.05, 4.69) is 108 Å². The molecule has 2 atom stereocenters. The average Bonchev–Trinajstić information content (AvgIpc) is 3.00. The molecule has 0 amide bonds. The van der Waals surface area contributed by atoms with Gasteiger partial charge in [0.05, 0.1) is 0 Å². The summed E-state index contributed by atoms with van der Waals surface area (Å²) in [5.41, 5.74) is 6.90. The zero-order valence-corrected chi connectivity index (χ0v) is 21.7. The molecule has 0 fully saturated rings. The molecule has 1 aliphatic rings. The summed E-state index contributed by atoms with van der Waals surface area (Å²) in [5, 5.41) is 0. The van der Waals surface area contributed by atoms with Crippen LogP contribution in [-0.2, 0) is 0 Å². The SMILES string of the molecule is CC(C)c1cccc(C(C)C)c1N1C=[N+](c2c(C(C)C)cccc2C(C)C)C(Cl)C1Cl. The zero-order chi connectivity index (χ0) is 23.0. The van der Waals surface area contributed by atoms with Gasteiger partial charge in [0.25, 0.3) is 0 Å². The van der Waals surface area contributed by atoms with Gasteiger partial charge in [-0.25, -0.2) is 9.48 Å². The summed E-state index contributed by atoms with van der Waals surface area (Å²) in [6, 6.07) is 13.2. The second-order valence-corrected chi connectivity index (χ2v) is 10.8. The smallest absolute Gasteiger partial charge is 0.211 e. The molecule has 4 heteroatoms. The molecule has 0 bridgehead atoms. The molecule has 0 radical (unpaired) electrons. The van der Waals surface area contributed by atoms with Gasteiger partial charge < -0.3 is 0 Å². The third-order valence-corrected chi connectivity index (χ3v) is 7.24. The zero-order valence-electron chi connectivity index (χ0n) is 20.2. The summed E-state index contributed by atoms with van der Waals surface area (Å²) in [6.07, 6.45) is 2.15. The fourth-order valence-corrected chi connectivity index (χ4v) is 5.05. The molecule has 168 valence electrons. The Hall–Kier alpha value is -1.51. The molecule has 2 aromatic rings. The molecule has 31 heavy (non-hydrogen) atoms. The van der Waals surface area contributed by atoms with Crippen molar-refractivity contribution in [2.24, 2.45) is 0 Å². The monoisotopic (exact) mass is 459 g/mol. The van der Waals surface area contributed by atoms with Gasteiger partial charge in [0.2, 0.25) is 17.3 Å². The van der Waals surface area contributed by atoms with Crippen LogP contribution >= 0.6 is 23.2 Å². The van der Waals surface area contributed by atoms with Gasteiger partial charge in [0, 0.05) is 22.3 Å². The fraction of sp³-hybridized carbons (Fsp3) is 0.519. The maximum atomic E-state index is 7.05. The van der Waals surface area contributed by atoms with Crippen molar-refractivity contribution in [3.05, 3.63) is 58.7 Å². The topological polar surface area (TPSA) is 6.25 Å². The Morgan fingerprint density at radius 2 is 1.06 bits per heavy atom. The van der Waals surface area contributed by atoms with Crippen LogP contribution in [0.2, 0.25) is 0 Å². The van der Waals surface area contributed by atoms with Gasteiger partial charge in [-0.1, -0.05) is 115 Å². The summed E-state index contributed by atoms with van der Waals surface area (Å²) < 4.78 is 2.20. The van der Waals surface area contributed by atoms with Crippen molar-refractivity contribution in [2.45, 2.75) is 90.1 Å². The molecular formula is C27H37Cl2N2+. The van der Waals surface area contributed by atoms with Gasteiger partial charge in [0.15, 0.2) is 0 Å². The number of hydrogen-bond donors (Lipinski definition) is 0. The van der Waals surface area contributed by atoms with Crippen LogP contribution in [0.5, 0.6) is 0 Å². The number of rotatable bonds is 6. The number of nitrogens with zero attached hydrogens (tertiary/aromatic N) is 2. The van der Waals surface area contributed by atoms with E-state index in [1.807, 2.05) is 0 Å². The highest BCUT2D eigenvalue weighted by Crippen LogP contribution is 2.43. The molecule has 0 aliphatic carbocycles. The first-order valence-corrected chi connectivity index (χ1v) is 12.4. The quantitative estimate of drug-likeness (QED) is 0.238. The second-order valence-electron chi connectivity index (χ2n) is 9.86. The molecule has 1 aliphatic heterocycles. The van der Waals surface area contributed by atoms with Gasteiger partial charge in [0.1, 0.15) is 11.4 Å². The molecule has 2 unspecified atom stereocenters. The number of benzene rings is 2. The number of anilines is 1. The van der Waals surface area contributed by atoms with E-state index in [9.17, 15) is 0 Å². The highest BCUT2D eigenvalue weighted by molar-refractivity contribution is 6.32. The van der Waals surface area contributed by atoms with E-state index in [-0.39, 0.29) is 11.0 Å². The van der Waals surface area contributed by atoms with Crippen molar-refractivity contribution in [1.82, 2.24) is 0 Å². The first-order chi connectivity index (χ1) is 14.6. The molecule has 2 aromatic carbocycles. The predicted octanol–water partition coefficient (Wildman–Crippen LogP) is 8.50. The standard InChI is InChI=1S/C27H37Cl2N2/c1-16(2)20-11-9-12-21(17(3)4)24(20)30-15-31(27(29)26(30)28)25-22(18(5)6)13-10-14-23(25)19(7)8/h9-19,26-27H,1-8H3/q+1. The first-order valence-electron chi connectivity index (χ1n) is 11.5. The number of alkyl halides is 2. The summed E-state index contributed by atoms with van der Waals surface area (Å²) >= 11 is 14.1. The molecule has 2 nitrogen and oxygen atoms in total. The van der Waals surface area contributed by atoms with Crippen LogP contribution < -0.4 is 4.90 Å². The van der Waals surface area contributed by atoms with E-state index in [0.717, 1.165) is 0 Å². The molecule has 0 aromatic heterocycles. The largest absolute Gasteiger partial charge is 0.247 e. The van der Waals surface area contributed by atoms with Crippen molar-refractivity contribution in [2.75, 3.05) is 4.90 Å². The van der Waals surface area contributed by atoms with Gasteiger partial charge >= 0.3 is 0 Å². The predicted molar refractivity (Wildman–Crippen MR) is 137 cm³/mol. The lowest BCUT2D eigenvalue weighted by Crippen LogP contribution is -2.32. The van der Waals surface area contributed by atoms with Gasteiger partial charge in [-0.2, -0.15) is 0 Å². The van der Waals surface area contributed by atoms with Crippen molar-refractivity contribution in [1.29, 1.82) is 0 Å². The normalized spacial score (nSPS) is 19.3. The van der Waals surface area contributed by atoms with Crippen LogP contribution in [-0.4, -0.2) is 21.9 Å². The summed E-state index contributed by atoms with van der Waals surface area (Å²) in [6.45, 7) is 17.9. The van der Waals surface area contributed by atoms with Crippen LogP contribution in [0.3, 0.4) is 0 Å². The van der Waals surface area contributed by atoms with E-state index in [0.29, 0.717) is 23.7 Å². The molecule has 1 heterocycles. The Balaban J connectivity index is 2.26. The lowest BCUT2D eigenvalue weighted by atomic mass is 9.92. The van der Waals surface area contributed by atoms with Crippen LogP contribution in [0, 0.1) is 0 Å². The summed E-state index contributed by atoms with van der Waals surface area (Å²) in [7, 11) is 0. The summed E-state index contributed by atoms with van der Waals surface area (Å²) in [4.78, 5) is 2.20. The van der Waals surface area contributed by atoms with E-state index in [4.69, 9.17) is 23.2 Å². The number of hydrogen-bond acceptors (Lipinski definition) is 1. The van der Waals surface area contributed by atoms with Gasteiger partial charge in [-0.3, -0.25) is 0 Å². The maximum absolute atomic E-state index is 7.05. The lowest BCUT2D eigenvalue weighted by Gasteiger charge is -2.23. The van der Waals surface area contributed by atoms with Gasteiger partial charge in [-0.05, 0) is 23.7 Å². The summed E-state index contributed by atoms with van der Waals surface area (Å²) in [5.74, 6) is 1.57. The van der Waals surface area contributed by atoms with Crippen LogP contribution in [0.1, 0.15) is 101 Å². The minimum absolute atomic E-state index is 0.362. The fourth-order valence-electron chi connectivity index (χ4n) is 4.51. The third-order valence-electron chi connectivity index (χ3n) is 6.21. The van der Waals surface area contributed by atoms with Gasteiger partial charge in [-0.15, -0.1) is 0 Å². The van der Waals surface area contributed by atoms with E-state index < -0.39 is 0 Å².